The van der Waals surface area contributed by atoms with Crippen LogP contribution in [0.2, 0.25) is 0 Å². The minimum absolute atomic E-state index is 0.0107. The Balaban J connectivity index is 2.06. The van der Waals surface area contributed by atoms with Gasteiger partial charge in [0, 0.05) is 18.9 Å². The Hall–Kier alpha value is -2.83. The summed E-state index contributed by atoms with van der Waals surface area (Å²) in [6, 6.07) is 4.63. The van der Waals surface area contributed by atoms with Crippen LogP contribution in [0.15, 0.2) is 36.7 Å². The van der Waals surface area contributed by atoms with E-state index in [4.69, 9.17) is 5.73 Å². The fraction of sp³-hybridized carbons (Fsp3) is 0.0714. The van der Waals surface area contributed by atoms with Gasteiger partial charge in [-0.1, -0.05) is 6.07 Å². The molecule has 5 nitrogen and oxygen atoms in total. The van der Waals surface area contributed by atoms with Gasteiger partial charge in [0.05, 0.1) is 11.1 Å². The van der Waals surface area contributed by atoms with Gasteiger partial charge >= 0.3 is 0 Å². The first kappa shape index (κ1) is 14.6. The van der Waals surface area contributed by atoms with Crippen LogP contribution in [-0.4, -0.2) is 16.8 Å². The van der Waals surface area contributed by atoms with E-state index in [0.717, 1.165) is 12.1 Å². The van der Waals surface area contributed by atoms with E-state index < -0.39 is 23.4 Å². The summed E-state index contributed by atoms with van der Waals surface area (Å²) >= 11 is 0. The lowest BCUT2D eigenvalue weighted by Gasteiger charge is -2.06. The van der Waals surface area contributed by atoms with Gasteiger partial charge in [0.1, 0.15) is 0 Å². The number of rotatable bonds is 4. The second kappa shape index (κ2) is 6.08. The van der Waals surface area contributed by atoms with Gasteiger partial charge in [-0.25, -0.2) is 8.78 Å². The normalized spacial score (nSPS) is 10.2. The van der Waals surface area contributed by atoms with Gasteiger partial charge in [-0.05, 0) is 23.8 Å². The number of carbonyl (C=O) groups is 2. The molecule has 108 valence electrons. The first-order valence-corrected chi connectivity index (χ1v) is 5.94. The molecule has 1 aromatic carbocycles. The van der Waals surface area contributed by atoms with Gasteiger partial charge in [0.15, 0.2) is 11.6 Å². The summed E-state index contributed by atoms with van der Waals surface area (Å²) in [6.07, 6.45) is 2.52. The van der Waals surface area contributed by atoms with Crippen molar-refractivity contribution in [3.63, 3.8) is 0 Å². The van der Waals surface area contributed by atoms with Crippen LogP contribution >= 0.6 is 0 Å². The molecule has 1 heterocycles. The highest BCUT2D eigenvalue weighted by Crippen LogP contribution is 2.09. The van der Waals surface area contributed by atoms with E-state index in [-0.39, 0.29) is 17.7 Å². The Morgan fingerprint density at radius 3 is 2.48 bits per heavy atom. The smallest absolute Gasteiger partial charge is 0.253 e. The number of amides is 2. The summed E-state index contributed by atoms with van der Waals surface area (Å²) in [5, 5.41) is 2.51. The van der Waals surface area contributed by atoms with Crippen molar-refractivity contribution in [3.8, 4) is 0 Å². The second-order valence-corrected chi connectivity index (χ2v) is 4.26. The fourth-order valence-electron chi connectivity index (χ4n) is 1.63. The maximum absolute atomic E-state index is 13.0. The molecular weight excluding hydrogens is 280 g/mol. The van der Waals surface area contributed by atoms with Gasteiger partial charge in [0.25, 0.3) is 5.91 Å². The molecule has 0 aliphatic heterocycles. The Labute approximate surface area is 118 Å². The number of primary amides is 1. The van der Waals surface area contributed by atoms with Gasteiger partial charge < -0.3 is 11.1 Å². The van der Waals surface area contributed by atoms with Crippen molar-refractivity contribution in [3.05, 3.63) is 65.0 Å². The van der Waals surface area contributed by atoms with E-state index in [1.807, 2.05) is 0 Å². The number of hydrogen-bond donors (Lipinski definition) is 2. The number of halogens is 2. The van der Waals surface area contributed by atoms with Crippen LogP contribution in [0.1, 0.15) is 26.3 Å². The zero-order valence-corrected chi connectivity index (χ0v) is 10.8. The Morgan fingerprint density at radius 1 is 1.10 bits per heavy atom. The first-order valence-electron chi connectivity index (χ1n) is 5.94. The monoisotopic (exact) mass is 291 g/mol. The van der Waals surface area contributed by atoms with Crippen molar-refractivity contribution in [2.45, 2.75) is 6.54 Å². The predicted molar refractivity (Wildman–Crippen MR) is 70.3 cm³/mol. The number of nitrogens with zero attached hydrogens (tertiary/aromatic N) is 1. The zero-order valence-electron chi connectivity index (χ0n) is 10.8. The summed E-state index contributed by atoms with van der Waals surface area (Å²) in [7, 11) is 0. The quantitative estimate of drug-likeness (QED) is 0.892. The number of hydrogen-bond acceptors (Lipinski definition) is 3. The molecule has 2 aromatic rings. The molecule has 0 radical (unpaired) electrons. The summed E-state index contributed by atoms with van der Waals surface area (Å²) in [5.41, 5.74) is 5.75. The van der Waals surface area contributed by atoms with Crippen LogP contribution < -0.4 is 11.1 Å². The molecule has 2 rings (SSSR count). The number of benzene rings is 1. The molecule has 0 fully saturated rings. The van der Waals surface area contributed by atoms with Crippen LogP contribution in [0, 0.1) is 11.6 Å². The van der Waals surface area contributed by atoms with Crippen LogP contribution in [0.5, 0.6) is 0 Å². The number of nitrogens with one attached hydrogen (secondary N) is 1. The van der Waals surface area contributed by atoms with E-state index in [2.05, 4.69) is 10.3 Å². The number of pyridine rings is 1. The molecule has 0 atom stereocenters. The molecule has 0 aliphatic carbocycles. The van der Waals surface area contributed by atoms with E-state index in [1.54, 1.807) is 0 Å². The molecule has 0 spiro atoms. The number of aromatic nitrogens is 1. The maximum Gasteiger partial charge on any atom is 0.253 e. The van der Waals surface area contributed by atoms with Gasteiger partial charge in [-0.3, -0.25) is 14.6 Å². The van der Waals surface area contributed by atoms with Crippen molar-refractivity contribution < 1.29 is 18.4 Å². The Morgan fingerprint density at radius 2 is 1.81 bits per heavy atom. The van der Waals surface area contributed by atoms with Crippen LogP contribution in [0.4, 0.5) is 8.78 Å². The van der Waals surface area contributed by atoms with Crippen LogP contribution in [0.3, 0.4) is 0 Å². The summed E-state index contributed by atoms with van der Waals surface area (Å²) in [5.74, 6) is -3.14. The second-order valence-electron chi connectivity index (χ2n) is 4.26. The zero-order chi connectivity index (χ0) is 15.4. The van der Waals surface area contributed by atoms with E-state index >= 15 is 0 Å². The van der Waals surface area contributed by atoms with Crippen molar-refractivity contribution in [2.75, 3.05) is 0 Å². The van der Waals surface area contributed by atoms with Gasteiger partial charge in [-0.2, -0.15) is 0 Å². The molecule has 0 saturated heterocycles. The molecule has 0 saturated carbocycles. The predicted octanol–water partition coefficient (Wildman–Crippen LogP) is 1.39. The fourth-order valence-corrected chi connectivity index (χ4v) is 1.63. The topological polar surface area (TPSA) is 85.1 Å². The Bertz CT molecular complexity index is 704. The molecule has 1 aromatic heterocycles. The molecule has 21 heavy (non-hydrogen) atoms. The lowest BCUT2D eigenvalue weighted by atomic mass is 10.1. The molecule has 0 unspecified atom stereocenters. The molecule has 0 aliphatic rings. The third-order valence-electron chi connectivity index (χ3n) is 2.72. The Kier molecular flexibility index (Phi) is 4.22. The van der Waals surface area contributed by atoms with Crippen molar-refractivity contribution in [2.24, 2.45) is 5.73 Å². The van der Waals surface area contributed by atoms with Crippen molar-refractivity contribution in [1.82, 2.24) is 10.3 Å². The van der Waals surface area contributed by atoms with Crippen molar-refractivity contribution in [1.29, 1.82) is 0 Å². The van der Waals surface area contributed by atoms with Gasteiger partial charge in [0.2, 0.25) is 5.91 Å². The first-order chi connectivity index (χ1) is 9.97. The van der Waals surface area contributed by atoms with E-state index in [1.165, 1.54) is 24.5 Å². The SMILES string of the molecule is NC(=O)c1cncc(C(=O)NCc2ccc(F)c(F)c2)c1. The maximum atomic E-state index is 13.0. The third kappa shape index (κ3) is 3.59. The summed E-state index contributed by atoms with van der Waals surface area (Å²) < 4.78 is 25.8. The van der Waals surface area contributed by atoms with E-state index in [0.29, 0.717) is 5.56 Å². The molecule has 0 bridgehead atoms. The highest BCUT2D eigenvalue weighted by atomic mass is 19.2. The van der Waals surface area contributed by atoms with Crippen LogP contribution in [0.25, 0.3) is 0 Å². The van der Waals surface area contributed by atoms with Gasteiger partial charge in [-0.15, -0.1) is 0 Å². The summed E-state index contributed by atoms with van der Waals surface area (Å²) in [6.45, 7) is 0.0107. The van der Waals surface area contributed by atoms with Crippen molar-refractivity contribution >= 4 is 11.8 Å². The lowest BCUT2D eigenvalue weighted by Crippen LogP contribution is -2.23. The number of carbonyl (C=O) groups excluding carboxylic acids is 2. The largest absolute Gasteiger partial charge is 0.366 e. The average molecular weight is 291 g/mol. The minimum atomic E-state index is -0.987. The average Bonchev–Trinajstić information content (AvgIpc) is 2.48. The molecule has 7 heteroatoms. The molecular formula is C14H11F2N3O2. The van der Waals surface area contributed by atoms with Crippen LogP contribution in [-0.2, 0) is 6.54 Å². The number of nitrogens with two attached hydrogens (primary N) is 1. The highest BCUT2D eigenvalue weighted by Gasteiger charge is 2.10. The highest BCUT2D eigenvalue weighted by molar-refractivity contribution is 5.98. The standard InChI is InChI=1S/C14H11F2N3O2/c15-11-2-1-8(3-12(11)16)5-19-14(21)10-4-9(13(17)20)6-18-7-10/h1-4,6-7H,5H2,(H2,17,20)(H,19,21). The third-order valence-corrected chi connectivity index (χ3v) is 2.72. The summed E-state index contributed by atoms with van der Waals surface area (Å²) in [4.78, 5) is 26.6. The minimum Gasteiger partial charge on any atom is -0.366 e. The molecule has 2 amide bonds. The molecule has 3 N–H and O–H groups in total. The van der Waals surface area contributed by atoms with E-state index in [9.17, 15) is 18.4 Å². The lowest BCUT2D eigenvalue weighted by molar-refractivity contribution is 0.0950.